The van der Waals surface area contributed by atoms with Gasteiger partial charge in [0, 0.05) is 10.9 Å². The van der Waals surface area contributed by atoms with Crippen molar-refractivity contribution in [2.45, 2.75) is 13.8 Å². The highest BCUT2D eigenvalue weighted by Gasteiger charge is 2.07. The largest absolute Gasteiger partial charge is 0.248 e. The minimum Gasteiger partial charge on any atom is -0.248 e. The third-order valence-electron chi connectivity index (χ3n) is 3.49. The summed E-state index contributed by atoms with van der Waals surface area (Å²) in [4.78, 5) is 4.69. The second-order valence-corrected chi connectivity index (χ2v) is 5.17. The van der Waals surface area contributed by atoms with E-state index in [2.05, 4.69) is 19.2 Å². The molecule has 0 aliphatic carbocycles. The van der Waals surface area contributed by atoms with E-state index in [9.17, 15) is 0 Å². The molecule has 1 heterocycles. The van der Waals surface area contributed by atoms with Gasteiger partial charge in [-0.05, 0) is 29.3 Å². The van der Waals surface area contributed by atoms with Gasteiger partial charge >= 0.3 is 0 Å². The Labute approximate surface area is 143 Å². The van der Waals surface area contributed by atoms with Gasteiger partial charge in [-0.3, -0.25) is 0 Å². The van der Waals surface area contributed by atoms with Crippen LogP contribution in [0.15, 0.2) is 61.7 Å². The maximum Gasteiger partial charge on any atom is 0.0724 e. The summed E-state index contributed by atoms with van der Waals surface area (Å²) in [5.41, 5.74) is 4.86. The molecule has 2 heteroatoms. The first-order valence-electron chi connectivity index (χ1n) is 7.67. The first-order chi connectivity index (χ1) is 11.2. The molecule has 0 unspecified atom stereocenters. The summed E-state index contributed by atoms with van der Waals surface area (Å²) in [6.07, 6.45) is 3.64. The SMILES string of the molecule is C=Cc1ccc(-c2cc(Cl)c3ccccc3n2)cc1C=C.CC. The van der Waals surface area contributed by atoms with E-state index in [4.69, 9.17) is 16.6 Å². The third-order valence-corrected chi connectivity index (χ3v) is 3.80. The van der Waals surface area contributed by atoms with E-state index < -0.39 is 0 Å². The van der Waals surface area contributed by atoms with Crippen molar-refractivity contribution in [1.29, 1.82) is 0 Å². The molecule has 116 valence electrons. The fourth-order valence-electron chi connectivity index (χ4n) is 2.38. The lowest BCUT2D eigenvalue weighted by molar-refractivity contribution is 1.39. The van der Waals surface area contributed by atoms with Crippen LogP contribution in [-0.2, 0) is 0 Å². The van der Waals surface area contributed by atoms with Crippen LogP contribution in [0.4, 0.5) is 0 Å². The van der Waals surface area contributed by atoms with Crippen LogP contribution in [0.1, 0.15) is 25.0 Å². The Morgan fingerprint density at radius 2 is 1.61 bits per heavy atom. The molecule has 0 atom stereocenters. The lowest BCUT2D eigenvalue weighted by Gasteiger charge is -2.08. The number of fused-ring (bicyclic) bond motifs is 1. The molecule has 0 radical (unpaired) electrons. The maximum atomic E-state index is 6.37. The van der Waals surface area contributed by atoms with Crippen LogP contribution in [0.25, 0.3) is 34.3 Å². The van der Waals surface area contributed by atoms with Crippen LogP contribution >= 0.6 is 11.6 Å². The van der Waals surface area contributed by atoms with Crippen LogP contribution in [-0.4, -0.2) is 4.98 Å². The summed E-state index contributed by atoms with van der Waals surface area (Å²) < 4.78 is 0. The third kappa shape index (κ3) is 3.52. The summed E-state index contributed by atoms with van der Waals surface area (Å²) in [5, 5.41) is 1.68. The first-order valence-corrected chi connectivity index (χ1v) is 8.05. The van der Waals surface area contributed by atoms with Gasteiger partial charge in [0.25, 0.3) is 0 Å². The fraction of sp³-hybridized carbons (Fsp3) is 0.0952. The summed E-state index contributed by atoms with van der Waals surface area (Å²) in [5.74, 6) is 0. The van der Waals surface area contributed by atoms with E-state index in [0.717, 1.165) is 33.3 Å². The van der Waals surface area contributed by atoms with Gasteiger partial charge in [0.1, 0.15) is 0 Å². The number of para-hydroxylation sites is 1. The van der Waals surface area contributed by atoms with Crippen molar-refractivity contribution >= 4 is 34.7 Å². The number of halogens is 1. The van der Waals surface area contributed by atoms with Gasteiger partial charge in [0.15, 0.2) is 0 Å². The molecule has 0 aliphatic rings. The Hall–Kier alpha value is -2.38. The second-order valence-electron chi connectivity index (χ2n) is 4.76. The molecule has 3 aromatic rings. The van der Waals surface area contributed by atoms with Gasteiger partial charge in [0.2, 0.25) is 0 Å². The molecule has 0 N–H and O–H groups in total. The van der Waals surface area contributed by atoms with Gasteiger partial charge in [-0.25, -0.2) is 4.98 Å². The van der Waals surface area contributed by atoms with E-state index in [1.807, 2.05) is 68.5 Å². The smallest absolute Gasteiger partial charge is 0.0724 e. The van der Waals surface area contributed by atoms with Gasteiger partial charge in [-0.15, -0.1) is 0 Å². The standard InChI is InChI=1S/C19H14ClN.C2H6/c1-3-13-9-10-15(11-14(13)4-2)19-12-17(20)16-7-5-6-8-18(16)21-19;1-2/h3-12H,1-2H2;1-2H3. The quantitative estimate of drug-likeness (QED) is 0.513. The van der Waals surface area contributed by atoms with Crippen molar-refractivity contribution < 1.29 is 0 Å². The summed E-state index contributed by atoms with van der Waals surface area (Å²) in [6.45, 7) is 11.7. The number of aromatic nitrogens is 1. The second kappa shape index (κ2) is 7.75. The normalized spacial score (nSPS) is 9.87. The minimum atomic E-state index is 0.712. The Morgan fingerprint density at radius 1 is 0.913 bits per heavy atom. The molecular formula is C21H20ClN. The molecule has 0 amide bonds. The molecule has 0 saturated carbocycles. The van der Waals surface area contributed by atoms with Crippen molar-refractivity contribution in [3.63, 3.8) is 0 Å². The van der Waals surface area contributed by atoms with Crippen molar-refractivity contribution in [3.8, 4) is 11.3 Å². The highest BCUT2D eigenvalue weighted by Crippen LogP contribution is 2.29. The molecule has 1 nitrogen and oxygen atoms in total. The molecule has 0 saturated heterocycles. The molecule has 0 spiro atoms. The van der Waals surface area contributed by atoms with E-state index in [1.165, 1.54) is 0 Å². The zero-order valence-corrected chi connectivity index (χ0v) is 14.3. The minimum absolute atomic E-state index is 0.712. The Bertz CT molecular complexity index is 850. The zero-order chi connectivity index (χ0) is 16.8. The Balaban J connectivity index is 0.000000924. The van der Waals surface area contributed by atoms with Crippen LogP contribution in [0, 0.1) is 0 Å². The van der Waals surface area contributed by atoms with Gasteiger partial charge in [-0.2, -0.15) is 0 Å². The van der Waals surface area contributed by atoms with E-state index in [0.29, 0.717) is 5.02 Å². The van der Waals surface area contributed by atoms with Crippen molar-refractivity contribution in [2.75, 3.05) is 0 Å². The average molecular weight is 322 g/mol. The van der Waals surface area contributed by atoms with Crippen LogP contribution < -0.4 is 0 Å². The van der Waals surface area contributed by atoms with Crippen molar-refractivity contribution in [2.24, 2.45) is 0 Å². The van der Waals surface area contributed by atoms with Crippen molar-refractivity contribution in [3.05, 3.63) is 77.8 Å². The summed E-state index contributed by atoms with van der Waals surface area (Å²) in [6, 6.07) is 15.9. The highest BCUT2D eigenvalue weighted by molar-refractivity contribution is 6.35. The van der Waals surface area contributed by atoms with Gasteiger partial charge < -0.3 is 0 Å². The van der Waals surface area contributed by atoms with E-state index in [1.54, 1.807) is 0 Å². The van der Waals surface area contributed by atoms with Gasteiger partial charge in [-0.1, -0.05) is 81.1 Å². The topological polar surface area (TPSA) is 12.9 Å². The number of hydrogen-bond acceptors (Lipinski definition) is 1. The number of pyridine rings is 1. The van der Waals surface area contributed by atoms with Crippen LogP contribution in [0.5, 0.6) is 0 Å². The average Bonchev–Trinajstić information content (AvgIpc) is 2.62. The molecule has 2 aromatic carbocycles. The van der Waals surface area contributed by atoms with E-state index in [-0.39, 0.29) is 0 Å². The summed E-state index contributed by atoms with van der Waals surface area (Å²) in [7, 11) is 0. The Kier molecular flexibility index (Phi) is 5.72. The van der Waals surface area contributed by atoms with Crippen LogP contribution in [0.3, 0.4) is 0 Å². The maximum absolute atomic E-state index is 6.37. The predicted octanol–water partition coefficient (Wildman–Crippen LogP) is 6.87. The molecule has 3 rings (SSSR count). The first kappa shape index (κ1) is 17.0. The number of nitrogens with zero attached hydrogens (tertiary/aromatic N) is 1. The summed E-state index contributed by atoms with van der Waals surface area (Å²) >= 11 is 6.37. The molecule has 0 aliphatic heterocycles. The molecule has 23 heavy (non-hydrogen) atoms. The van der Waals surface area contributed by atoms with Crippen molar-refractivity contribution in [1.82, 2.24) is 4.98 Å². The number of benzene rings is 2. The van der Waals surface area contributed by atoms with Gasteiger partial charge in [0.05, 0.1) is 16.2 Å². The number of hydrogen-bond donors (Lipinski definition) is 0. The molecular weight excluding hydrogens is 302 g/mol. The molecule has 1 aromatic heterocycles. The van der Waals surface area contributed by atoms with E-state index >= 15 is 0 Å². The zero-order valence-electron chi connectivity index (χ0n) is 13.5. The monoisotopic (exact) mass is 321 g/mol. The Morgan fingerprint density at radius 3 is 2.30 bits per heavy atom. The highest BCUT2D eigenvalue weighted by atomic mass is 35.5. The fourth-order valence-corrected chi connectivity index (χ4v) is 2.64. The molecule has 0 fully saturated rings. The number of rotatable bonds is 3. The lowest BCUT2D eigenvalue weighted by atomic mass is 10.0. The predicted molar refractivity (Wildman–Crippen MR) is 104 cm³/mol. The molecule has 0 bridgehead atoms. The lowest BCUT2D eigenvalue weighted by Crippen LogP contribution is -1.89. The van der Waals surface area contributed by atoms with Crippen LogP contribution in [0.2, 0.25) is 5.02 Å².